The van der Waals surface area contributed by atoms with E-state index >= 15 is 0 Å². The summed E-state index contributed by atoms with van der Waals surface area (Å²) in [5.41, 5.74) is -1.54. The van der Waals surface area contributed by atoms with E-state index in [0.717, 1.165) is 12.3 Å². The number of rotatable bonds is 1. The van der Waals surface area contributed by atoms with E-state index in [2.05, 4.69) is 4.98 Å². The van der Waals surface area contributed by atoms with Crippen molar-refractivity contribution in [2.24, 2.45) is 0 Å². The van der Waals surface area contributed by atoms with E-state index in [1.165, 1.54) is 0 Å². The van der Waals surface area contributed by atoms with Gasteiger partial charge >= 0.3 is 7.12 Å². The van der Waals surface area contributed by atoms with Gasteiger partial charge in [-0.05, 0) is 33.8 Å². The standard InChI is InChI=1S/C11H14BF2NO2/c1-10(2)11(3,4)17-12(16-10)8-7(13)5-6-15-9(8)14/h5-6H,1-4H3. The van der Waals surface area contributed by atoms with E-state index in [-0.39, 0.29) is 5.46 Å². The predicted molar refractivity (Wildman–Crippen MR) is 59.9 cm³/mol. The molecule has 6 heteroatoms. The van der Waals surface area contributed by atoms with Gasteiger partial charge in [-0.3, -0.25) is 0 Å². The van der Waals surface area contributed by atoms with Crippen LogP contribution in [-0.2, 0) is 9.31 Å². The molecule has 1 aliphatic heterocycles. The smallest absolute Gasteiger partial charge is 0.399 e. The molecule has 0 radical (unpaired) electrons. The molecule has 2 rings (SSSR count). The summed E-state index contributed by atoms with van der Waals surface area (Å²) in [7, 11) is -1.06. The monoisotopic (exact) mass is 241 g/mol. The van der Waals surface area contributed by atoms with Gasteiger partial charge in [0.2, 0.25) is 5.95 Å². The average molecular weight is 241 g/mol. The summed E-state index contributed by atoms with van der Waals surface area (Å²) >= 11 is 0. The third kappa shape index (κ3) is 1.95. The first-order valence-corrected chi connectivity index (χ1v) is 5.40. The van der Waals surface area contributed by atoms with Crippen LogP contribution in [0.4, 0.5) is 8.78 Å². The highest BCUT2D eigenvalue weighted by Crippen LogP contribution is 2.36. The Bertz CT molecular complexity index is 415. The Balaban J connectivity index is 2.39. The van der Waals surface area contributed by atoms with Gasteiger partial charge in [-0.2, -0.15) is 4.39 Å². The maximum Gasteiger partial charge on any atom is 0.502 e. The lowest BCUT2D eigenvalue weighted by Crippen LogP contribution is -2.41. The van der Waals surface area contributed by atoms with E-state index < -0.39 is 30.1 Å². The molecule has 0 saturated carbocycles. The van der Waals surface area contributed by atoms with Crippen molar-refractivity contribution in [1.29, 1.82) is 0 Å². The van der Waals surface area contributed by atoms with Crippen LogP contribution in [0.3, 0.4) is 0 Å². The van der Waals surface area contributed by atoms with Gasteiger partial charge in [-0.15, -0.1) is 0 Å². The Hall–Kier alpha value is -1.01. The third-order valence-corrected chi connectivity index (χ3v) is 3.38. The lowest BCUT2D eigenvalue weighted by Gasteiger charge is -2.32. The largest absolute Gasteiger partial charge is 0.502 e. The molecule has 1 aromatic heterocycles. The Morgan fingerprint density at radius 3 is 2.12 bits per heavy atom. The lowest BCUT2D eigenvalue weighted by molar-refractivity contribution is 0.00578. The summed E-state index contributed by atoms with van der Waals surface area (Å²) in [6.07, 6.45) is 1.07. The van der Waals surface area contributed by atoms with E-state index in [9.17, 15) is 8.78 Å². The van der Waals surface area contributed by atoms with Crippen molar-refractivity contribution in [2.45, 2.75) is 38.9 Å². The molecule has 0 N–H and O–H groups in total. The number of nitrogens with zero attached hydrogens (tertiary/aromatic N) is 1. The highest BCUT2D eigenvalue weighted by atomic mass is 19.1. The Kier molecular flexibility index (Phi) is 2.74. The van der Waals surface area contributed by atoms with Gasteiger partial charge in [-0.25, -0.2) is 9.37 Å². The van der Waals surface area contributed by atoms with Gasteiger partial charge in [0.25, 0.3) is 0 Å². The molecule has 0 bridgehead atoms. The zero-order valence-corrected chi connectivity index (χ0v) is 10.3. The summed E-state index contributed by atoms with van der Waals surface area (Å²) in [5.74, 6) is -1.61. The van der Waals surface area contributed by atoms with Crippen LogP contribution in [0, 0.1) is 11.8 Å². The molecule has 0 atom stereocenters. The molecule has 1 saturated heterocycles. The molecule has 17 heavy (non-hydrogen) atoms. The summed E-state index contributed by atoms with van der Waals surface area (Å²) in [6, 6.07) is 1.09. The first-order chi connectivity index (χ1) is 7.74. The van der Waals surface area contributed by atoms with Crippen LogP contribution < -0.4 is 5.46 Å². The Morgan fingerprint density at radius 2 is 1.65 bits per heavy atom. The molecule has 1 aromatic rings. The van der Waals surface area contributed by atoms with Gasteiger partial charge < -0.3 is 9.31 Å². The third-order valence-electron chi connectivity index (χ3n) is 3.38. The van der Waals surface area contributed by atoms with Gasteiger partial charge in [-0.1, -0.05) is 0 Å². The molecule has 3 nitrogen and oxygen atoms in total. The first-order valence-electron chi connectivity index (χ1n) is 5.40. The number of aromatic nitrogens is 1. The van der Waals surface area contributed by atoms with Crippen LogP contribution in [-0.4, -0.2) is 23.3 Å². The van der Waals surface area contributed by atoms with Crippen molar-refractivity contribution in [3.05, 3.63) is 24.0 Å². The molecular formula is C11H14BF2NO2. The number of hydrogen-bond acceptors (Lipinski definition) is 3. The molecule has 0 aliphatic carbocycles. The quantitative estimate of drug-likeness (QED) is 0.553. The van der Waals surface area contributed by atoms with E-state index in [1.807, 2.05) is 27.7 Å². The van der Waals surface area contributed by atoms with Crippen LogP contribution in [0.5, 0.6) is 0 Å². The zero-order chi connectivity index (χ0) is 12.8. The van der Waals surface area contributed by atoms with Gasteiger partial charge in [0.15, 0.2) is 0 Å². The van der Waals surface area contributed by atoms with E-state index in [4.69, 9.17) is 9.31 Å². The molecule has 1 fully saturated rings. The summed E-state index contributed by atoms with van der Waals surface area (Å²) in [5, 5.41) is 0. The minimum atomic E-state index is -1.06. The second-order valence-corrected chi connectivity index (χ2v) is 5.09. The molecule has 0 amide bonds. The minimum absolute atomic E-state index is 0.272. The summed E-state index contributed by atoms with van der Waals surface area (Å²) in [4.78, 5) is 3.41. The molecule has 2 heterocycles. The van der Waals surface area contributed by atoms with Crippen molar-refractivity contribution in [3.63, 3.8) is 0 Å². The Morgan fingerprint density at radius 1 is 1.12 bits per heavy atom. The first kappa shape index (κ1) is 12.5. The van der Waals surface area contributed by atoms with Crippen molar-refractivity contribution < 1.29 is 18.1 Å². The van der Waals surface area contributed by atoms with Crippen molar-refractivity contribution >= 4 is 12.6 Å². The molecule has 0 aromatic carbocycles. The minimum Gasteiger partial charge on any atom is -0.399 e. The highest BCUT2D eigenvalue weighted by Gasteiger charge is 2.53. The maximum absolute atomic E-state index is 13.6. The van der Waals surface area contributed by atoms with Crippen LogP contribution >= 0.6 is 0 Å². The summed E-state index contributed by atoms with van der Waals surface area (Å²) < 4.78 is 38.2. The number of pyridine rings is 1. The van der Waals surface area contributed by atoms with Crippen LogP contribution in [0.1, 0.15) is 27.7 Å². The molecular weight excluding hydrogens is 227 g/mol. The van der Waals surface area contributed by atoms with Crippen molar-refractivity contribution in [1.82, 2.24) is 4.98 Å². The topological polar surface area (TPSA) is 31.4 Å². The van der Waals surface area contributed by atoms with E-state index in [1.54, 1.807) is 0 Å². The summed E-state index contributed by atoms with van der Waals surface area (Å²) in [6.45, 7) is 7.27. The second-order valence-electron chi connectivity index (χ2n) is 5.09. The lowest BCUT2D eigenvalue weighted by atomic mass is 9.79. The fourth-order valence-electron chi connectivity index (χ4n) is 1.60. The van der Waals surface area contributed by atoms with Crippen molar-refractivity contribution in [3.8, 4) is 0 Å². The van der Waals surface area contributed by atoms with Crippen LogP contribution in [0.15, 0.2) is 12.3 Å². The average Bonchev–Trinajstić information content (AvgIpc) is 2.35. The van der Waals surface area contributed by atoms with Crippen LogP contribution in [0.25, 0.3) is 0 Å². The molecule has 0 unspecified atom stereocenters. The normalized spacial score (nSPS) is 21.9. The fourth-order valence-corrected chi connectivity index (χ4v) is 1.60. The number of halogens is 2. The molecule has 92 valence electrons. The zero-order valence-electron chi connectivity index (χ0n) is 10.3. The van der Waals surface area contributed by atoms with Gasteiger partial charge in [0.05, 0.1) is 16.7 Å². The highest BCUT2D eigenvalue weighted by molar-refractivity contribution is 6.62. The second kappa shape index (κ2) is 3.75. The van der Waals surface area contributed by atoms with Crippen LogP contribution in [0.2, 0.25) is 0 Å². The maximum atomic E-state index is 13.6. The fraction of sp³-hybridized carbons (Fsp3) is 0.545. The molecule has 1 aliphatic rings. The van der Waals surface area contributed by atoms with Gasteiger partial charge in [0, 0.05) is 6.20 Å². The van der Waals surface area contributed by atoms with E-state index in [0.29, 0.717) is 0 Å². The molecule has 0 spiro atoms. The van der Waals surface area contributed by atoms with Crippen molar-refractivity contribution in [2.75, 3.05) is 0 Å². The predicted octanol–water partition coefficient (Wildman–Crippen LogP) is 1.66. The Labute approximate surface area is 99.3 Å². The number of hydrogen-bond donors (Lipinski definition) is 0. The SMILES string of the molecule is CC1(C)OB(c2c(F)ccnc2F)OC1(C)C. The van der Waals surface area contributed by atoms with Gasteiger partial charge in [0.1, 0.15) is 5.82 Å².